The molecule has 0 radical (unpaired) electrons. The summed E-state index contributed by atoms with van der Waals surface area (Å²) in [5.74, 6) is 0.148. The van der Waals surface area contributed by atoms with Crippen LogP contribution in [0.2, 0.25) is 0 Å². The van der Waals surface area contributed by atoms with Crippen LogP contribution < -0.4 is 4.74 Å². The summed E-state index contributed by atoms with van der Waals surface area (Å²) < 4.78 is 33.8. The first kappa shape index (κ1) is 17.0. The molecule has 2 aliphatic rings. The fourth-order valence-electron chi connectivity index (χ4n) is 3.31. The van der Waals surface area contributed by atoms with E-state index in [2.05, 4.69) is 19.6 Å². The summed E-state index contributed by atoms with van der Waals surface area (Å²) in [5.41, 5.74) is 0.145. The van der Waals surface area contributed by atoms with Gasteiger partial charge in [-0.05, 0) is 38.8 Å². The van der Waals surface area contributed by atoms with Gasteiger partial charge in [-0.1, -0.05) is 0 Å². The Morgan fingerprint density at radius 1 is 1.23 bits per heavy atom. The van der Waals surface area contributed by atoms with E-state index in [0.717, 1.165) is 19.0 Å². The molecule has 2 fully saturated rings. The molecule has 22 heavy (non-hydrogen) atoms. The van der Waals surface area contributed by atoms with Crippen LogP contribution in [0.5, 0.6) is 5.88 Å². The van der Waals surface area contributed by atoms with Crippen LogP contribution in [0.25, 0.3) is 0 Å². The van der Waals surface area contributed by atoms with Gasteiger partial charge >= 0.3 is 0 Å². The van der Waals surface area contributed by atoms with Crippen LogP contribution in [0.15, 0.2) is 12.4 Å². The largest absolute Gasteiger partial charge is 0.481 e. The van der Waals surface area contributed by atoms with Gasteiger partial charge in [-0.3, -0.25) is 4.90 Å². The fraction of sp³-hybridized carbons (Fsp3) is 0.733. The van der Waals surface area contributed by atoms with Gasteiger partial charge in [0.2, 0.25) is 5.88 Å². The van der Waals surface area contributed by atoms with Crippen molar-refractivity contribution in [3.8, 4) is 5.88 Å². The minimum atomic E-state index is -2.58. The summed E-state index contributed by atoms with van der Waals surface area (Å²) in [4.78, 5) is 9.54. The van der Waals surface area contributed by atoms with Crippen LogP contribution >= 0.6 is 0 Å². The van der Waals surface area contributed by atoms with Gasteiger partial charge in [0.05, 0.1) is 13.7 Å². The molecule has 0 N–H and O–H groups in total. The van der Waals surface area contributed by atoms with Crippen molar-refractivity contribution in [3.05, 3.63) is 18.1 Å². The highest BCUT2D eigenvalue weighted by Crippen LogP contribution is 2.38. The highest BCUT2D eigenvalue weighted by atomic mass is 19.3. The Kier molecular flexibility index (Phi) is 6.02. The van der Waals surface area contributed by atoms with Crippen LogP contribution in [0.3, 0.4) is 0 Å². The molecular formula is C15H23F2N3O2. The van der Waals surface area contributed by atoms with Crippen molar-refractivity contribution in [1.29, 1.82) is 0 Å². The van der Waals surface area contributed by atoms with Gasteiger partial charge in [-0.15, -0.1) is 0 Å². The Hall–Kier alpha value is -1.34. The molecule has 7 heteroatoms. The average molecular weight is 315 g/mol. The van der Waals surface area contributed by atoms with Crippen LogP contribution in [-0.4, -0.2) is 54.3 Å². The highest BCUT2D eigenvalue weighted by molar-refractivity contribution is 5.13. The number of ether oxygens (including phenoxy) is 2. The van der Waals surface area contributed by atoms with Crippen molar-refractivity contribution < 1.29 is 18.3 Å². The summed E-state index contributed by atoms with van der Waals surface area (Å²) >= 11 is 0. The first-order chi connectivity index (χ1) is 10.6. The van der Waals surface area contributed by atoms with Gasteiger partial charge in [0.25, 0.3) is 6.43 Å². The van der Waals surface area contributed by atoms with Crippen molar-refractivity contribution in [2.75, 3.05) is 33.9 Å². The maximum atomic E-state index is 11.9. The molecular weight excluding hydrogens is 292 g/mol. The Morgan fingerprint density at radius 2 is 1.91 bits per heavy atom. The van der Waals surface area contributed by atoms with Gasteiger partial charge in [0.1, 0.15) is 12.0 Å². The molecule has 0 aliphatic carbocycles. The Morgan fingerprint density at radius 3 is 2.45 bits per heavy atom. The molecule has 3 rings (SSSR count). The van der Waals surface area contributed by atoms with E-state index in [-0.39, 0.29) is 11.6 Å². The van der Waals surface area contributed by atoms with Crippen LogP contribution in [0.1, 0.15) is 37.8 Å². The zero-order valence-electron chi connectivity index (χ0n) is 13.1. The summed E-state index contributed by atoms with van der Waals surface area (Å²) in [7, 11) is 3.18. The van der Waals surface area contributed by atoms with Crippen LogP contribution in [-0.2, 0) is 4.74 Å². The number of alkyl halides is 2. The quantitative estimate of drug-likeness (QED) is 0.855. The maximum absolute atomic E-state index is 11.9. The lowest BCUT2D eigenvalue weighted by atomic mass is 9.95. The highest BCUT2D eigenvalue weighted by Gasteiger charge is 2.43. The standard InChI is InChI=1S/C9H17NO.C6H6F2N2O/c1-11-8-9-4-2-6-10(9)7-3-5-9;1-11-5-2-4(6(7)8)9-3-10-5/h2-8H2,1H3;2-3,6H,1H3. The zero-order chi connectivity index (χ0) is 16.0. The van der Waals surface area contributed by atoms with Crippen LogP contribution in [0.4, 0.5) is 8.78 Å². The first-order valence-electron chi connectivity index (χ1n) is 7.49. The van der Waals surface area contributed by atoms with Crippen molar-refractivity contribution in [1.82, 2.24) is 14.9 Å². The average Bonchev–Trinajstić information content (AvgIpc) is 3.08. The molecule has 0 aromatic carbocycles. The zero-order valence-corrected chi connectivity index (χ0v) is 13.1. The first-order valence-corrected chi connectivity index (χ1v) is 7.49. The predicted molar refractivity (Wildman–Crippen MR) is 78.2 cm³/mol. The molecule has 2 aliphatic heterocycles. The van der Waals surface area contributed by atoms with Gasteiger partial charge in [-0.2, -0.15) is 0 Å². The number of methoxy groups -OCH3 is 2. The smallest absolute Gasteiger partial charge is 0.280 e. The maximum Gasteiger partial charge on any atom is 0.280 e. The van der Waals surface area contributed by atoms with Crippen LogP contribution in [0, 0.1) is 0 Å². The van der Waals surface area contributed by atoms with Crippen molar-refractivity contribution >= 4 is 0 Å². The van der Waals surface area contributed by atoms with Gasteiger partial charge in [0.15, 0.2) is 0 Å². The van der Waals surface area contributed by atoms with Crippen molar-refractivity contribution in [3.63, 3.8) is 0 Å². The number of aromatic nitrogens is 2. The van der Waals surface area contributed by atoms with Gasteiger partial charge in [0, 0.05) is 18.7 Å². The SMILES string of the molecule is COCC12CCCN1CCC2.COc1cc(C(F)F)ncn1. The molecule has 0 spiro atoms. The van der Waals surface area contributed by atoms with E-state index in [4.69, 9.17) is 4.74 Å². The lowest BCUT2D eigenvalue weighted by Crippen LogP contribution is -2.42. The molecule has 0 unspecified atom stereocenters. The number of rotatable bonds is 4. The van der Waals surface area contributed by atoms with E-state index < -0.39 is 6.43 Å². The summed E-state index contributed by atoms with van der Waals surface area (Å²) in [5, 5.41) is 0. The van der Waals surface area contributed by atoms with Crippen molar-refractivity contribution in [2.24, 2.45) is 0 Å². The Bertz CT molecular complexity index is 464. The molecule has 1 aromatic heterocycles. The van der Waals surface area contributed by atoms with Gasteiger partial charge in [-0.25, -0.2) is 18.7 Å². The van der Waals surface area contributed by atoms with E-state index in [9.17, 15) is 8.78 Å². The number of hydrogen-bond donors (Lipinski definition) is 0. The summed E-state index contributed by atoms with van der Waals surface area (Å²) in [6, 6.07) is 1.10. The molecule has 0 saturated carbocycles. The second kappa shape index (κ2) is 7.78. The number of hydrogen-bond acceptors (Lipinski definition) is 5. The molecule has 0 atom stereocenters. The van der Waals surface area contributed by atoms with E-state index in [1.54, 1.807) is 0 Å². The minimum absolute atomic E-state index is 0.148. The molecule has 5 nitrogen and oxygen atoms in total. The van der Waals surface area contributed by atoms with E-state index >= 15 is 0 Å². The fourth-order valence-corrected chi connectivity index (χ4v) is 3.31. The van der Waals surface area contributed by atoms with E-state index in [1.807, 2.05) is 7.11 Å². The molecule has 124 valence electrons. The monoisotopic (exact) mass is 315 g/mol. The minimum Gasteiger partial charge on any atom is -0.481 e. The third-order valence-corrected chi connectivity index (χ3v) is 4.32. The third kappa shape index (κ3) is 3.89. The number of nitrogens with zero attached hydrogens (tertiary/aromatic N) is 3. The lowest BCUT2D eigenvalue weighted by molar-refractivity contribution is 0.0655. The summed E-state index contributed by atoms with van der Waals surface area (Å²) in [6.07, 6.45) is 3.95. The molecule has 3 heterocycles. The Balaban J connectivity index is 0.000000160. The summed E-state index contributed by atoms with van der Waals surface area (Å²) in [6.45, 7) is 3.57. The third-order valence-electron chi connectivity index (χ3n) is 4.32. The number of halogens is 2. The van der Waals surface area contributed by atoms with E-state index in [1.165, 1.54) is 45.9 Å². The Labute approximate surface area is 129 Å². The molecule has 0 bridgehead atoms. The molecule has 0 amide bonds. The molecule has 2 saturated heterocycles. The second-order valence-corrected chi connectivity index (χ2v) is 5.64. The predicted octanol–water partition coefficient (Wildman–Crippen LogP) is 2.68. The lowest BCUT2D eigenvalue weighted by Gasteiger charge is -2.30. The topological polar surface area (TPSA) is 47.5 Å². The molecule has 1 aromatic rings. The second-order valence-electron chi connectivity index (χ2n) is 5.64. The number of fused-ring (bicyclic) bond motifs is 1. The normalized spacial score (nSPS) is 19.7. The van der Waals surface area contributed by atoms with E-state index in [0.29, 0.717) is 5.54 Å². The van der Waals surface area contributed by atoms with Gasteiger partial charge < -0.3 is 9.47 Å². The van der Waals surface area contributed by atoms with Crippen molar-refractivity contribution in [2.45, 2.75) is 37.6 Å².